The second kappa shape index (κ2) is 4.10. The van der Waals surface area contributed by atoms with Crippen LogP contribution in [0.4, 0.5) is 0 Å². The molecule has 0 amide bonds. The van der Waals surface area contributed by atoms with E-state index in [1.807, 2.05) is 6.07 Å². The molecule has 1 aromatic heterocycles. The Morgan fingerprint density at radius 2 is 1.94 bits per heavy atom. The van der Waals surface area contributed by atoms with Crippen molar-refractivity contribution < 1.29 is 0 Å². The lowest BCUT2D eigenvalue weighted by atomic mass is 10.1. The van der Waals surface area contributed by atoms with E-state index in [0.717, 1.165) is 25.1 Å². The Hall–Kier alpha value is -1.61. The number of rotatable bonds is 3. The van der Waals surface area contributed by atoms with Crippen molar-refractivity contribution in [1.82, 2.24) is 15.5 Å². The zero-order chi connectivity index (χ0) is 10.8. The molecule has 0 bridgehead atoms. The lowest BCUT2D eigenvalue weighted by Gasteiger charge is -2.10. The Morgan fingerprint density at radius 3 is 2.56 bits per heavy atom. The van der Waals surface area contributed by atoms with E-state index in [-0.39, 0.29) is 0 Å². The Morgan fingerprint density at radius 1 is 1.19 bits per heavy atom. The molecule has 3 heteroatoms. The number of nitrogens with zero attached hydrogens (tertiary/aromatic N) is 1. The number of nitrogens with one attached hydrogen (secondary N) is 2. The first-order chi connectivity index (χ1) is 7.92. The van der Waals surface area contributed by atoms with Crippen LogP contribution in [0.15, 0.2) is 36.5 Å². The molecule has 0 fully saturated rings. The number of benzene rings is 1. The van der Waals surface area contributed by atoms with E-state index in [2.05, 4.69) is 39.8 Å². The Balaban J connectivity index is 1.60. The van der Waals surface area contributed by atoms with E-state index in [0.29, 0.717) is 6.04 Å². The molecule has 2 aromatic rings. The maximum absolute atomic E-state index is 3.94. The van der Waals surface area contributed by atoms with Crippen molar-refractivity contribution in [3.63, 3.8) is 0 Å². The number of aromatic amines is 1. The summed E-state index contributed by atoms with van der Waals surface area (Å²) in [6, 6.07) is 11.3. The first-order valence-corrected chi connectivity index (χ1v) is 5.70. The van der Waals surface area contributed by atoms with E-state index in [1.165, 1.54) is 11.1 Å². The van der Waals surface area contributed by atoms with Crippen molar-refractivity contribution in [3.05, 3.63) is 53.3 Å². The van der Waals surface area contributed by atoms with Gasteiger partial charge in [0.2, 0.25) is 0 Å². The van der Waals surface area contributed by atoms with Crippen molar-refractivity contribution in [2.45, 2.75) is 25.4 Å². The average molecular weight is 213 g/mol. The SMILES string of the molecule is c1ccc2c(c1)CC(NCc1ccn[nH]1)C2. The van der Waals surface area contributed by atoms with Gasteiger partial charge in [-0.05, 0) is 30.0 Å². The zero-order valence-corrected chi connectivity index (χ0v) is 9.11. The van der Waals surface area contributed by atoms with Crippen molar-refractivity contribution in [1.29, 1.82) is 0 Å². The van der Waals surface area contributed by atoms with Gasteiger partial charge in [-0.2, -0.15) is 5.10 Å². The third-order valence-electron chi connectivity index (χ3n) is 3.19. The summed E-state index contributed by atoms with van der Waals surface area (Å²) < 4.78 is 0. The fourth-order valence-electron chi connectivity index (χ4n) is 2.34. The molecule has 3 nitrogen and oxygen atoms in total. The highest BCUT2D eigenvalue weighted by Crippen LogP contribution is 2.21. The lowest BCUT2D eigenvalue weighted by Crippen LogP contribution is -2.29. The third-order valence-corrected chi connectivity index (χ3v) is 3.19. The van der Waals surface area contributed by atoms with Crippen LogP contribution < -0.4 is 5.32 Å². The maximum Gasteiger partial charge on any atom is 0.0490 e. The van der Waals surface area contributed by atoms with Crippen molar-refractivity contribution >= 4 is 0 Å². The minimum atomic E-state index is 0.570. The molecule has 0 aliphatic heterocycles. The van der Waals surface area contributed by atoms with Crippen LogP contribution in [-0.2, 0) is 19.4 Å². The summed E-state index contributed by atoms with van der Waals surface area (Å²) in [5, 5.41) is 10.5. The molecule has 0 saturated heterocycles. The summed E-state index contributed by atoms with van der Waals surface area (Å²) in [6.45, 7) is 0.874. The van der Waals surface area contributed by atoms with E-state index < -0.39 is 0 Å². The van der Waals surface area contributed by atoms with Crippen molar-refractivity contribution in [2.75, 3.05) is 0 Å². The fraction of sp³-hybridized carbons (Fsp3) is 0.308. The molecule has 0 radical (unpaired) electrons. The molecule has 0 saturated carbocycles. The summed E-state index contributed by atoms with van der Waals surface area (Å²) in [6.07, 6.45) is 4.08. The molecule has 1 aromatic carbocycles. The molecule has 3 rings (SSSR count). The standard InChI is InChI=1S/C13H15N3/c1-2-4-11-8-13(7-10(11)3-1)14-9-12-5-6-15-16-12/h1-6,13-14H,7-9H2,(H,15,16). The quantitative estimate of drug-likeness (QED) is 0.814. The molecular weight excluding hydrogens is 198 g/mol. The minimum Gasteiger partial charge on any atom is -0.308 e. The number of fused-ring (bicyclic) bond motifs is 1. The predicted octanol–water partition coefficient (Wildman–Crippen LogP) is 1.67. The largest absolute Gasteiger partial charge is 0.308 e. The molecule has 0 atom stereocenters. The highest BCUT2D eigenvalue weighted by molar-refractivity contribution is 5.33. The number of H-pyrrole nitrogens is 1. The van der Waals surface area contributed by atoms with Crippen LogP contribution in [0.1, 0.15) is 16.8 Å². The highest BCUT2D eigenvalue weighted by atomic mass is 15.1. The minimum absolute atomic E-state index is 0.570. The zero-order valence-electron chi connectivity index (χ0n) is 9.11. The Kier molecular flexibility index (Phi) is 2.46. The van der Waals surface area contributed by atoms with Gasteiger partial charge < -0.3 is 5.32 Å². The summed E-state index contributed by atoms with van der Waals surface area (Å²) in [5.74, 6) is 0. The van der Waals surface area contributed by atoms with Crippen LogP contribution in [0.25, 0.3) is 0 Å². The van der Waals surface area contributed by atoms with E-state index in [9.17, 15) is 0 Å². The van der Waals surface area contributed by atoms with Crippen LogP contribution in [0.5, 0.6) is 0 Å². The molecule has 0 unspecified atom stereocenters. The van der Waals surface area contributed by atoms with Crippen molar-refractivity contribution in [3.8, 4) is 0 Å². The van der Waals surface area contributed by atoms with E-state index in [4.69, 9.17) is 0 Å². The van der Waals surface area contributed by atoms with Crippen LogP contribution in [-0.4, -0.2) is 16.2 Å². The van der Waals surface area contributed by atoms with Crippen molar-refractivity contribution in [2.24, 2.45) is 0 Å². The van der Waals surface area contributed by atoms with Gasteiger partial charge in [-0.1, -0.05) is 24.3 Å². The molecule has 1 aliphatic carbocycles. The van der Waals surface area contributed by atoms with E-state index in [1.54, 1.807) is 6.20 Å². The van der Waals surface area contributed by atoms with Gasteiger partial charge in [0.15, 0.2) is 0 Å². The summed E-state index contributed by atoms with van der Waals surface area (Å²) in [7, 11) is 0. The van der Waals surface area contributed by atoms with Gasteiger partial charge in [-0.3, -0.25) is 5.10 Å². The Labute approximate surface area is 94.9 Å². The van der Waals surface area contributed by atoms with Gasteiger partial charge in [0, 0.05) is 24.5 Å². The smallest absolute Gasteiger partial charge is 0.0490 e. The van der Waals surface area contributed by atoms with Crippen LogP contribution in [0.3, 0.4) is 0 Å². The summed E-state index contributed by atoms with van der Waals surface area (Å²) >= 11 is 0. The summed E-state index contributed by atoms with van der Waals surface area (Å²) in [5.41, 5.74) is 4.13. The van der Waals surface area contributed by atoms with Gasteiger partial charge >= 0.3 is 0 Å². The predicted molar refractivity (Wildman–Crippen MR) is 63.1 cm³/mol. The van der Waals surface area contributed by atoms with Gasteiger partial charge in [0.1, 0.15) is 0 Å². The highest BCUT2D eigenvalue weighted by Gasteiger charge is 2.19. The second-order valence-corrected chi connectivity index (χ2v) is 4.34. The third kappa shape index (κ3) is 1.86. The molecule has 82 valence electrons. The average Bonchev–Trinajstić information content (AvgIpc) is 2.95. The molecular formula is C13H15N3. The maximum atomic E-state index is 3.94. The number of hydrogen-bond donors (Lipinski definition) is 2. The normalized spacial score (nSPS) is 15.2. The van der Waals surface area contributed by atoms with Crippen LogP contribution in [0.2, 0.25) is 0 Å². The number of aromatic nitrogens is 2. The van der Waals surface area contributed by atoms with E-state index >= 15 is 0 Å². The molecule has 16 heavy (non-hydrogen) atoms. The van der Waals surface area contributed by atoms with Gasteiger partial charge in [0.25, 0.3) is 0 Å². The molecule has 2 N–H and O–H groups in total. The first-order valence-electron chi connectivity index (χ1n) is 5.70. The molecule has 1 heterocycles. The second-order valence-electron chi connectivity index (χ2n) is 4.34. The van der Waals surface area contributed by atoms with Crippen LogP contribution in [0, 0.1) is 0 Å². The topological polar surface area (TPSA) is 40.7 Å². The fourth-order valence-corrected chi connectivity index (χ4v) is 2.34. The van der Waals surface area contributed by atoms with Crippen LogP contribution >= 0.6 is 0 Å². The summed E-state index contributed by atoms with van der Waals surface area (Å²) in [4.78, 5) is 0. The van der Waals surface area contributed by atoms with Gasteiger partial charge in [-0.15, -0.1) is 0 Å². The number of hydrogen-bond acceptors (Lipinski definition) is 2. The lowest BCUT2D eigenvalue weighted by molar-refractivity contribution is 0.527. The van der Waals surface area contributed by atoms with Gasteiger partial charge in [0.05, 0.1) is 0 Å². The Bertz CT molecular complexity index is 437. The van der Waals surface area contributed by atoms with Gasteiger partial charge in [-0.25, -0.2) is 0 Å². The monoisotopic (exact) mass is 213 g/mol. The first kappa shape index (κ1) is 9.60. The molecule has 1 aliphatic rings. The molecule has 0 spiro atoms.